The molecule has 0 heterocycles. The van der Waals surface area contributed by atoms with Crippen LogP contribution in [-0.2, 0) is 0 Å². The summed E-state index contributed by atoms with van der Waals surface area (Å²) < 4.78 is 0. The maximum Gasteiger partial charge on any atom is 0.0632 e. The first-order valence-corrected chi connectivity index (χ1v) is 9.74. The first kappa shape index (κ1) is 15.9. The topological polar surface area (TPSA) is 52.8 Å². The van der Waals surface area contributed by atoms with Gasteiger partial charge in [0.15, 0.2) is 0 Å². The van der Waals surface area contributed by atoms with Crippen LogP contribution in [0.4, 0.5) is 0 Å². The molecule has 0 radical (unpaired) electrons. The monoisotopic (exact) mass is 319 g/mol. The third-order valence-corrected chi connectivity index (χ3v) is 8.82. The molecule has 130 valence electrons. The van der Waals surface area contributed by atoms with Crippen molar-refractivity contribution in [2.45, 2.75) is 84.2 Å². The third-order valence-electron chi connectivity index (χ3n) is 8.82. The lowest BCUT2D eigenvalue weighted by atomic mass is 9.44. The Hall–Kier alpha value is -0.570. The van der Waals surface area contributed by atoms with Crippen LogP contribution in [0.25, 0.3) is 0 Å². The van der Waals surface area contributed by atoms with Gasteiger partial charge in [0.25, 0.3) is 0 Å². The minimum absolute atomic E-state index is 0.152. The van der Waals surface area contributed by atoms with E-state index < -0.39 is 5.60 Å². The largest absolute Gasteiger partial charge is 0.411 e. The lowest BCUT2D eigenvalue weighted by molar-refractivity contribution is -0.137. The van der Waals surface area contributed by atoms with Gasteiger partial charge in [0, 0.05) is 5.41 Å². The van der Waals surface area contributed by atoms with E-state index >= 15 is 0 Å². The maximum absolute atomic E-state index is 10.5. The van der Waals surface area contributed by atoms with E-state index in [0.29, 0.717) is 17.3 Å². The van der Waals surface area contributed by atoms with Crippen molar-refractivity contribution in [1.82, 2.24) is 0 Å². The summed E-state index contributed by atoms with van der Waals surface area (Å²) in [6.07, 6.45) is 10.4. The maximum atomic E-state index is 10.5. The first-order valence-electron chi connectivity index (χ1n) is 9.74. The molecule has 3 nitrogen and oxygen atoms in total. The van der Waals surface area contributed by atoms with E-state index in [1.165, 1.54) is 38.5 Å². The van der Waals surface area contributed by atoms with Gasteiger partial charge >= 0.3 is 0 Å². The van der Waals surface area contributed by atoms with Crippen LogP contribution in [0.2, 0.25) is 0 Å². The lowest BCUT2D eigenvalue weighted by Crippen LogP contribution is -2.55. The van der Waals surface area contributed by atoms with Gasteiger partial charge in [-0.2, -0.15) is 0 Å². The highest BCUT2D eigenvalue weighted by Crippen LogP contribution is 2.66. The fraction of sp³-hybridized carbons (Fsp3) is 0.950. The SMILES string of the molecule is C[C@@]1(O)CC[C@@]2(C)[C@@H](CC[C@@H]3[C@@H]2CC[C@]2(C)C(=NO)CC[C@@H]32)C1. The second-order valence-corrected chi connectivity index (χ2v) is 9.90. The second kappa shape index (κ2) is 4.97. The van der Waals surface area contributed by atoms with Crippen molar-refractivity contribution in [2.75, 3.05) is 0 Å². The molecule has 0 spiro atoms. The van der Waals surface area contributed by atoms with Crippen LogP contribution >= 0.6 is 0 Å². The van der Waals surface area contributed by atoms with Crippen LogP contribution in [0.15, 0.2) is 5.16 Å². The van der Waals surface area contributed by atoms with E-state index in [1.54, 1.807) is 0 Å². The molecule has 0 saturated heterocycles. The molecule has 0 aromatic heterocycles. The predicted octanol–water partition coefficient (Wildman–Crippen LogP) is 4.61. The van der Waals surface area contributed by atoms with E-state index in [0.717, 1.165) is 36.8 Å². The van der Waals surface area contributed by atoms with Gasteiger partial charge in [-0.15, -0.1) is 0 Å². The number of nitrogens with zero attached hydrogens (tertiary/aromatic N) is 1. The quantitative estimate of drug-likeness (QED) is 0.506. The molecular weight excluding hydrogens is 286 g/mol. The van der Waals surface area contributed by atoms with Crippen molar-refractivity contribution < 1.29 is 10.3 Å². The lowest BCUT2D eigenvalue weighted by Gasteiger charge is -2.61. The van der Waals surface area contributed by atoms with Crippen LogP contribution in [0.5, 0.6) is 0 Å². The van der Waals surface area contributed by atoms with E-state index in [2.05, 4.69) is 19.0 Å². The van der Waals surface area contributed by atoms with Crippen LogP contribution < -0.4 is 0 Å². The normalized spacial score (nSPS) is 57.7. The Labute approximate surface area is 140 Å². The van der Waals surface area contributed by atoms with Gasteiger partial charge < -0.3 is 10.3 Å². The molecule has 3 heteroatoms. The van der Waals surface area contributed by atoms with Gasteiger partial charge in [0.05, 0.1) is 11.3 Å². The Morgan fingerprint density at radius 3 is 2.48 bits per heavy atom. The average Bonchev–Trinajstić information content (AvgIpc) is 2.84. The minimum atomic E-state index is -0.440. The molecule has 23 heavy (non-hydrogen) atoms. The Balaban J connectivity index is 1.63. The van der Waals surface area contributed by atoms with Crippen LogP contribution in [0.1, 0.15) is 78.6 Å². The molecular formula is C20H33NO2. The van der Waals surface area contributed by atoms with E-state index in [4.69, 9.17) is 0 Å². The zero-order valence-corrected chi connectivity index (χ0v) is 15.0. The molecule has 0 aromatic carbocycles. The number of fused-ring (bicyclic) bond motifs is 5. The van der Waals surface area contributed by atoms with E-state index in [-0.39, 0.29) is 5.41 Å². The molecule has 4 aliphatic carbocycles. The summed E-state index contributed by atoms with van der Waals surface area (Å²) >= 11 is 0. The Morgan fingerprint density at radius 2 is 1.74 bits per heavy atom. The molecule has 2 N–H and O–H groups in total. The highest BCUT2D eigenvalue weighted by Gasteiger charge is 2.60. The molecule has 0 unspecified atom stereocenters. The fourth-order valence-electron chi connectivity index (χ4n) is 7.38. The third kappa shape index (κ3) is 2.14. The molecule has 4 rings (SSSR count). The zero-order valence-electron chi connectivity index (χ0n) is 15.0. The van der Waals surface area contributed by atoms with Crippen molar-refractivity contribution in [1.29, 1.82) is 0 Å². The molecule has 0 amide bonds. The van der Waals surface area contributed by atoms with Crippen LogP contribution in [0, 0.1) is 34.5 Å². The molecule has 7 atom stereocenters. The predicted molar refractivity (Wildman–Crippen MR) is 91.6 cm³/mol. The Morgan fingerprint density at radius 1 is 0.957 bits per heavy atom. The van der Waals surface area contributed by atoms with Gasteiger partial charge in [0.2, 0.25) is 0 Å². The summed E-state index contributed by atoms with van der Waals surface area (Å²) in [5.74, 6) is 3.03. The Bertz CT molecular complexity index is 528. The van der Waals surface area contributed by atoms with Crippen molar-refractivity contribution in [2.24, 2.45) is 39.7 Å². The van der Waals surface area contributed by atoms with Gasteiger partial charge in [-0.1, -0.05) is 19.0 Å². The van der Waals surface area contributed by atoms with Crippen LogP contribution in [0.3, 0.4) is 0 Å². The number of rotatable bonds is 0. The van der Waals surface area contributed by atoms with Gasteiger partial charge in [-0.25, -0.2) is 0 Å². The smallest absolute Gasteiger partial charge is 0.0632 e. The fourth-order valence-corrected chi connectivity index (χ4v) is 7.38. The van der Waals surface area contributed by atoms with Crippen molar-refractivity contribution in [3.05, 3.63) is 0 Å². The van der Waals surface area contributed by atoms with Crippen molar-refractivity contribution in [3.8, 4) is 0 Å². The summed E-state index contributed by atoms with van der Waals surface area (Å²) in [5, 5.41) is 23.6. The van der Waals surface area contributed by atoms with E-state index in [1.807, 2.05) is 6.92 Å². The minimum Gasteiger partial charge on any atom is -0.411 e. The second-order valence-electron chi connectivity index (χ2n) is 9.90. The first-order chi connectivity index (χ1) is 10.8. The number of hydrogen-bond acceptors (Lipinski definition) is 3. The van der Waals surface area contributed by atoms with Crippen molar-refractivity contribution in [3.63, 3.8) is 0 Å². The average molecular weight is 319 g/mol. The summed E-state index contributed by atoms with van der Waals surface area (Å²) in [7, 11) is 0. The van der Waals surface area contributed by atoms with E-state index in [9.17, 15) is 10.3 Å². The number of aliphatic hydroxyl groups is 1. The van der Waals surface area contributed by atoms with Gasteiger partial charge in [-0.3, -0.25) is 0 Å². The standard InChI is InChI=1S/C20H33NO2/c1-18(22)10-11-19(2)13(12-18)4-5-14-15-6-7-17(21-23)20(15,3)9-8-16(14)19/h13-16,22-23H,4-12H2,1-3H3/t13-,14-,15-,16-,18+,19-,20-/m0/s1. The zero-order chi connectivity index (χ0) is 16.5. The van der Waals surface area contributed by atoms with Gasteiger partial charge in [0.1, 0.15) is 0 Å². The van der Waals surface area contributed by atoms with Crippen LogP contribution in [-0.4, -0.2) is 21.6 Å². The Kier molecular flexibility index (Phi) is 3.44. The molecule has 4 saturated carbocycles. The summed E-state index contributed by atoms with van der Waals surface area (Å²) in [6, 6.07) is 0. The number of oxime groups is 1. The molecule has 4 aliphatic rings. The van der Waals surface area contributed by atoms with Gasteiger partial charge in [-0.05, 0) is 93.8 Å². The van der Waals surface area contributed by atoms with Crippen molar-refractivity contribution >= 4 is 5.71 Å². The highest BCUT2D eigenvalue weighted by atomic mass is 16.4. The number of hydrogen-bond donors (Lipinski definition) is 2. The summed E-state index contributed by atoms with van der Waals surface area (Å²) in [5.41, 5.74) is 1.20. The molecule has 4 fully saturated rings. The highest BCUT2D eigenvalue weighted by molar-refractivity contribution is 5.91. The summed E-state index contributed by atoms with van der Waals surface area (Å²) in [6.45, 7) is 6.93. The summed E-state index contributed by atoms with van der Waals surface area (Å²) in [4.78, 5) is 0. The molecule has 0 aromatic rings. The molecule has 0 bridgehead atoms. The molecule has 0 aliphatic heterocycles.